The highest BCUT2D eigenvalue weighted by Gasteiger charge is 2.19. The molecule has 2 heterocycles. The van der Waals surface area contributed by atoms with Crippen LogP contribution in [0.2, 0.25) is 0 Å². The minimum Gasteiger partial charge on any atom is -0.384 e. The molecular formula is C13H20N4O. The van der Waals surface area contributed by atoms with E-state index in [1.165, 1.54) is 0 Å². The van der Waals surface area contributed by atoms with Gasteiger partial charge in [0.15, 0.2) is 0 Å². The van der Waals surface area contributed by atoms with Gasteiger partial charge in [-0.3, -0.25) is 10.4 Å². The van der Waals surface area contributed by atoms with Crippen LogP contribution in [0.1, 0.15) is 18.5 Å². The van der Waals surface area contributed by atoms with Gasteiger partial charge in [0.25, 0.3) is 0 Å². The highest BCUT2D eigenvalue weighted by molar-refractivity contribution is 5.93. The summed E-state index contributed by atoms with van der Waals surface area (Å²) in [4.78, 5) is 6.52. The Kier molecular flexibility index (Phi) is 4.15. The van der Waals surface area contributed by atoms with Crippen LogP contribution in [0.3, 0.4) is 0 Å². The topological polar surface area (TPSA) is 75.2 Å². The Bertz CT molecular complexity index is 396. The molecule has 0 aliphatic carbocycles. The standard InChI is InChI=1S/C13H20N4O/c1-18-9-10-4-6-17(7-5-10)11-2-3-12(13(14)15)16-8-11/h2-3,8,10H,4-7,9H2,1H3,(H3,14,15). The summed E-state index contributed by atoms with van der Waals surface area (Å²) in [6.45, 7) is 2.93. The molecule has 5 nitrogen and oxygen atoms in total. The van der Waals surface area contributed by atoms with E-state index in [0.29, 0.717) is 11.6 Å². The van der Waals surface area contributed by atoms with Crippen molar-refractivity contribution in [2.75, 3.05) is 31.7 Å². The largest absolute Gasteiger partial charge is 0.384 e. The Morgan fingerprint density at radius 3 is 2.72 bits per heavy atom. The molecule has 1 aromatic heterocycles. The van der Waals surface area contributed by atoms with Gasteiger partial charge in [-0.15, -0.1) is 0 Å². The number of nitrogens with zero attached hydrogens (tertiary/aromatic N) is 2. The van der Waals surface area contributed by atoms with Crippen LogP contribution in [0.15, 0.2) is 18.3 Å². The normalized spacial score (nSPS) is 16.8. The molecule has 0 spiro atoms. The number of rotatable bonds is 4. The summed E-state index contributed by atoms with van der Waals surface area (Å²) in [5.74, 6) is 0.691. The lowest BCUT2D eigenvalue weighted by molar-refractivity contribution is 0.139. The van der Waals surface area contributed by atoms with Gasteiger partial charge in [-0.2, -0.15) is 0 Å². The van der Waals surface area contributed by atoms with Gasteiger partial charge in [0.2, 0.25) is 0 Å². The second-order valence-electron chi connectivity index (χ2n) is 4.70. The van der Waals surface area contributed by atoms with Crippen LogP contribution in [-0.2, 0) is 4.74 Å². The molecule has 0 amide bonds. The number of piperidine rings is 1. The molecule has 3 N–H and O–H groups in total. The maximum Gasteiger partial charge on any atom is 0.141 e. The highest BCUT2D eigenvalue weighted by atomic mass is 16.5. The van der Waals surface area contributed by atoms with Crippen molar-refractivity contribution in [1.29, 1.82) is 5.41 Å². The van der Waals surface area contributed by atoms with Crippen molar-refractivity contribution in [2.45, 2.75) is 12.8 Å². The van der Waals surface area contributed by atoms with Crippen molar-refractivity contribution in [3.8, 4) is 0 Å². The Hall–Kier alpha value is -1.62. The second kappa shape index (κ2) is 5.82. The van der Waals surface area contributed by atoms with Crippen molar-refractivity contribution in [3.63, 3.8) is 0 Å². The van der Waals surface area contributed by atoms with E-state index in [1.54, 1.807) is 19.4 Å². The molecule has 1 aliphatic heterocycles. The Morgan fingerprint density at radius 1 is 1.50 bits per heavy atom. The maximum atomic E-state index is 7.31. The van der Waals surface area contributed by atoms with Crippen LogP contribution in [-0.4, -0.2) is 37.6 Å². The summed E-state index contributed by atoms with van der Waals surface area (Å²) in [5, 5.41) is 7.31. The first-order chi connectivity index (χ1) is 8.70. The molecule has 0 bridgehead atoms. The summed E-state index contributed by atoms with van der Waals surface area (Å²) >= 11 is 0. The maximum absolute atomic E-state index is 7.31. The van der Waals surface area contributed by atoms with Crippen molar-refractivity contribution in [2.24, 2.45) is 11.7 Å². The summed E-state index contributed by atoms with van der Waals surface area (Å²) < 4.78 is 5.20. The number of pyridine rings is 1. The molecule has 0 saturated carbocycles. The number of nitrogens with two attached hydrogens (primary N) is 1. The zero-order valence-corrected chi connectivity index (χ0v) is 10.7. The first-order valence-electron chi connectivity index (χ1n) is 6.25. The van der Waals surface area contributed by atoms with Gasteiger partial charge in [0.05, 0.1) is 11.9 Å². The van der Waals surface area contributed by atoms with Crippen molar-refractivity contribution >= 4 is 11.5 Å². The Morgan fingerprint density at radius 2 is 2.22 bits per heavy atom. The van der Waals surface area contributed by atoms with Crippen molar-refractivity contribution < 1.29 is 4.74 Å². The van der Waals surface area contributed by atoms with E-state index in [4.69, 9.17) is 15.9 Å². The minimum atomic E-state index is 0.0142. The predicted molar refractivity (Wildman–Crippen MR) is 72.1 cm³/mol. The van der Waals surface area contributed by atoms with E-state index in [2.05, 4.69) is 9.88 Å². The lowest BCUT2D eigenvalue weighted by Crippen LogP contribution is -2.35. The second-order valence-corrected chi connectivity index (χ2v) is 4.70. The van der Waals surface area contributed by atoms with Crippen LogP contribution < -0.4 is 10.6 Å². The van der Waals surface area contributed by atoms with Crippen LogP contribution >= 0.6 is 0 Å². The molecule has 5 heteroatoms. The van der Waals surface area contributed by atoms with E-state index in [9.17, 15) is 0 Å². The molecule has 2 rings (SSSR count). The number of nitrogen functional groups attached to an aromatic ring is 1. The average Bonchev–Trinajstić information content (AvgIpc) is 2.40. The Labute approximate surface area is 107 Å². The van der Waals surface area contributed by atoms with Gasteiger partial charge in [-0.1, -0.05) is 0 Å². The number of hydrogen-bond donors (Lipinski definition) is 2. The lowest BCUT2D eigenvalue weighted by atomic mass is 9.97. The third-order valence-corrected chi connectivity index (χ3v) is 3.41. The van der Waals surface area contributed by atoms with Crippen LogP contribution in [0.5, 0.6) is 0 Å². The molecule has 1 aliphatic rings. The average molecular weight is 248 g/mol. The SMILES string of the molecule is COCC1CCN(c2ccc(C(=N)N)nc2)CC1. The fourth-order valence-electron chi connectivity index (χ4n) is 2.33. The molecule has 0 radical (unpaired) electrons. The van der Waals surface area contributed by atoms with Gasteiger partial charge < -0.3 is 15.4 Å². The van der Waals surface area contributed by atoms with Gasteiger partial charge in [0, 0.05) is 26.8 Å². The molecule has 1 saturated heterocycles. The van der Waals surface area contributed by atoms with Crippen LogP contribution in [0, 0.1) is 11.3 Å². The fraction of sp³-hybridized carbons (Fsp3) is 0.538. The fourth-order valence-corrected chi connectivity index (χ4v) is 2.33. The summed E-state index contributed by atoms with van der Waals surface area (Å²) in [7, 11) is 1.76. The molecule has 1 fully saturated rings. The quantitative estimate of drug-likeness (QED) is 0.620. The molecule has 1 aromatic rings. The monoisotopic (exact) mass is 248 g/mol. The number of ether oxygens (including phenoxy) is 1. The third kappa shape index (κ3) is 2.98. The summed E-state index contributed by atoms with van der Waals surface area (Å²) in [6, 6.07) is 3.79. The van der Waals surface area contributed by atoms with Gasteiger partial charge >= 0.3 is 0 Å². The molecule has 0 atom stereocenters. The number of nitrogens with one attached hydrogen (secondary N) is 1. The van der Waals surface area contributed by atoms with Crippen LogP contribution in [0.25, 0.3) is 0 Å². The first kappa shape index (κ1) is 12.8. The number of anilines is 1. The number of aromatic nitrogens is 1. The third-order valence-electron chi connectivity index (χ3n) is 3.41. The molecule has 0 unspecified atom stereocenters. The van der Waals surface area contributed by atoms with Gasteiger partial charge in [0.1, 0.15) is 11.5 Å². The zero-order chi connectivity index (χ0) is 13.0. The summed E-state index contributed by atoms with van der Waals surface area (Å²) in [6.07, 6.45) is 4.11. The van der Waals surface area contributed by atoms with Crippen molar-refractivity contribution in [1.82, 2.24) is 4.98 Å². The predicted octanol–water partition coefficient (Wildman–Crippen LogP) is 1.23. The van der Waals surface area contributed by atoms with E-state index in [0.717, 1.165) is 38.2 Å². The lowest BCUT2D eigenvalue weighted by Gasteiger charge is -2.33. The number of methoxy groups -OCH3 is 1. The first-order valence-corrected chi connectivity index (χ1v) is 6.25. The van der Waals surface area contributed by atoms with Gasteiger partial charge in [-0.05, 0) is 30.9 Å². The smallest absolute Gasteiger partial charge is 0.141 e. The van der Waals surface area contributed by atoms with E-state index < -0.39 is 0 Å². The van der Waals surface area contributed by atoms with E-state index in [1.807, 2.05) is 6.07 Å². The zero-order valence-electron chi connectivity index (χ0n) is 10.7. The molecule has 18 heavy (non-hydrogen) atoms. The Balaban J connectivity index is 1.95. The molecule has 0 aromatic carbocycles. The minimum absolute atomic E-state index is 0.0142. The summed E-state index contributed by atoms with van der Waals surface area (Å²) in [5.41, 5.74) is 7.03. The molecule has 98 valence electrons. The van der Waals surface area contributed by atoms with E-state index >= 15 is 0 Å². The van der Waals surface area contributed by atoms with Gasteiger partial charge in [-0.25, -0.2) is 0 Å². The number of amidine groups is 1. The molecular weight excluding hydrogens is 228 g/mol. The highest BCUT2D eigenvalue weighted by Crippen LogP contribution is 2.22. The van der Waals surface area contributed by atoms with E-state index in [-0.39, 0.29) is 5.84 Å². The number of hydrogen-bond acceptors (Lipinski definition) is 4. The van der Waals surface area contributed by atoms with Crippen LogP contribution in [0.4, 0.5) is 5.69 Å². The van der Waals surface area contributed by atoms with Crippen molar-refractivity contribution in [3.05, 3.63) is 24.0 Å².